The van der Waals surface area contributed by atoms with Gasteiger partial charge in [0.15, 0.2) is 0 Å². The molecule has 3 atom stereocenters. The molecule has 3 N–H and O–H groups in total. The Labute approximate surface area is 214 Å². The van der Waals surface area contributed by atoms with Gasteiger partial charge in [-0.15, -0.1) is 0 Å². The second-order valence-corrected chi connectivity index (χ2v) is 10.6. The zero-order valence-corrected chi connectivity index (χ0v) is 22.4. The number of benzene rings is 1. The van der Waals surface area contributed by atoms with Gasteiger partial charge in [0.2, 0.25) is 11.8 Å². The molecule has 1 fully saturated rings. The highest BCUT2D eigenvalue weighted by Gasteiger charge is 2.38. The second kappa shape index (κ2) is 13.0. The Morgan fingerprint density at radius 3 is 2.26 bits per heavy atom. The average molecular weight is 508 g/mol. The van der Waals surface area contributed by atoms with Crippen LogP contribution in [0.4, 0.5) is 4.79 Å². The minimum atomic E-state index is -0.982. The van der Waals surface area contributed by atoms with E-state index in [0.29, 0.717) is 12.0 Å². The summed E-state index contributed by atoms with van der Waals surface area (Å²) in [5.41, 5.74) is -0.140. The SMILES string of the molecule is CCC(C)N(C(=O)C(CS)NC(=O)OC(C)(C)C)C(C(=O)NC1CCCCC1)c1ccc(O)cc1. The molecular weight excluding hydrogens is 466 g/mol. The lowest BCUT2D eigenvalue weighted by Gasteiger charge is -2.38. The molecule has 3 amide bonds. The Hall–Kier alpha value is -2.42. The Morgan fingerprint density at radius 1 is 1.14 bits per heavy atom. The number of alkyl carbamates (subject to hydrolysis) is 1. The summed E-state index contributed by atoms with van der Waals surface area (Å²) in [7, 11) is 0. The number of phenols is 1. The fraction of sp³-hybridized carbons (Fsp3) is 0.654. The predicted octanol–water partition coefficient (Wildman–Crippen LogP) is 4.33. The highest BCUT2D eigenvalue weighted by molar-refractivity contribution is 7.80. The molecule has 0 saturated heterocycles. The fourth-order valence-electron chi connectivity index (χ4n) is 4.23. The lowest BCUT2D eigenvalue weighted by atomic mass is 9.94. The van der Waals surface area contributed by atoms with Crippen LogP contribution in [0.1, 0.15) is 84.7 Å². The number of thiol groups is 1. The van der Waals surface area contributed by atoms with Crippen LogP contribution < -0.4 is 10.6 Å². The van der Waals surface area contributed by atoms with Gasteiger partial charge in [-0.1, -0.05) is 38.3 Å². The van der Waals surface area contributed by atoms with Crippen molar-refractivity contribution in [1.29, 1.82) is 0 Å². The summed E-state index contributed by atoms with van der Waals surface area (Å²) >= 11 is 4.31. The highest BCUT2D eigenvalue weighted by Crippen LogP contribution is 2.29. The molecule has 8 nitrogen and oxygen atoms in total. The van der Waals surface area contributed by atoms with Crippen LogP contribution in [0.5, 0.6) is 5.75 Å². The van der Waals surface area contributed by atoms with Crippen LogP contribution in [0.2, 0.25) is 0 Å². The molecule has 1 aromatic carbocycles. The Bertz CT molecular complexity index is 850. The summed E-state index contributed by atoms with van der Waals surface area (Å²) < 4.78 is 5.33. The zero-order chi connectivity index (χ0) is 26.2. The van der Waals surface area contributed by atoms with Gasteiger partial charge >= 0.3 is 6.09 Å². The van der Waals surface area contributed by atoms with Gasteiger partial charge in [0.1, 0.15) is 23.4 Å². The third-order valence-corrected chi connectivity index (χ3v) is 6.54. The van der Waals surface area contributed by atoms with Gasteiger partial charge in [0.05, 0.1) is 0 Å². The van der Waals surface area contributed by atoms with Crippen molar-refractivity contribution < 1.29 is 24.2 Å². The highest BCUT2D eigenvalue weighted by atomic mass is 32.1. The standard InChI is InChI=1S/C26H41N3O5S/c1-6-17(2)29(24(32)21(16-35)28-25(33)34-26(3,4)5)22(18-12-14-20(30)15-13-18)23(31)27-19-10-8-7-9-11-19/h12-15,17,19,21-22,30,35H,6-11,16H2,1-5H3,(H,27,31)(H,28,33). The molecule has 0 heterocycles. The number of aromatic hydroxyl groups is 1. The molecule has 0 aromatic heterocycles. The number of hydrogen-bond acceptors (Lipinski definition) is 6. The molecule has 35 heavy (non-hydrogen) atoms. The molecule has 196 valence electrons. The van der Waals surface area contributed by atoms with Crippen molar-refractivity contribution >= 4 is 30.5 Å². The average Bonchev–Trinajstić information content (AvgIpc) is 2.80. The maximum atomic E-state index is 13.8. The monoisotopic (exact) mass is 507 g/mol. The molecule has 1 aliphatic rings. The Morgan fingerprint density at radius 2 is 1.74 bits per heavy atom. The smallest absolute Gasteiger partial charge is 0.408 e. The number of hydrogen-bond donors (Lipinski definition) is 4. The van der Waals surface area contributed by atoms with Gasteiger partial charge in [-0.2, -0.15) is 12.6 Å². The van der Waals surface area contributed by atoms with Crippen molar-refractivity contribution in [3.8, 4) is 5.75 Å². The zero-order valence-electron chi connectivity index (χ0n) is 21.5. The van der Waals surface area contributed by atoms with Gasteiger partial charge < -0.3 is 25.4 Å². The van der Waals surface area contributed by atoms with Crippen molar-refractivity contribution in [2.75, 3.05) is 5.75 Å². The molecule has 0 spiro atoms. The summed E-state index contributed by atoms with van der Waals surface area (Å²) in [6.45, 7) is 9.04. The largest absolute Gasteiger partial charge is 0.508 e. The third kappa shape index (κ3) is 8.63. The molecule has 0 bridgehead atoms. The van der Waals surface area contributed by atoms with Crippen LogP contribution in [0, 0.1) is 0 Å². The predicted molar refractivity (Wildman–Crippen MR) is 139 cm³/mol. The lowest BCUT2D eigenvalue weighted by molar-refractivity contribution is -0.145. The van der Waals surface area contributed by atoms with Crippen LogP contribution in [-0.4, -0.2) is 57.4 Å². The van der Waals surface area contributed by atoms with E-state index in [1.807, 2.05) is 13.8 Å². The summed E-state index contributed by atoms with van der Waals surface area (Å²) in [5.74, 6) is -0.581. The van der Waals surface area contributed by atoms with Gasteiger partial charge in [0, 0.05) is 17.8 Å². The molecule has 9 heteroatoms. The maximum Gasteiger partial charge on any atom is 0.408 e. The van der Waals surface area contributed by atoms with E-state index in [9.17, 15) is 19.5 Å². The van der Waals surface area contributed by atoms with Crippen molar-refractivity contribution in [2.24, 2.45) is 0 Å². The Balaban J connectivity index is 2.40. The molecule has 1 saturated carbocycles. The van der Waals surface area contributed by atoms with Crippen LogP contribution in [0.25, 0.3) is 0 Å². The maximum absolute atomic E-state index is 13.8. The fourth-order valence-corrected chi connectivity index (χ4v) is 4.48. The number of ether oxygens (including phenoxy) is 1. The number of phenolic OH excluding ortho intramolecular Hbond substituents is 1. The van der Waals surface area contributed by atoms with Gasteiger partial charge in [-0.05, 0) is 64.7 Å². The van der Waals surface area contributed by atoms with E-state index in [0.717, 1.165) is 32.1 Å². The molecule has 1 aliphatic carbocycles. The first-order chi connectivity index (χ1) is 16.5. The first-order valence-electron chi connectivity index (χ1n) is 12.5. The van der Waals surface area contributed by atoms with Crippen LogP contribution >= 0.6 is 12.6 Å². The third-order valence-electron chi connectivity index (χ3n) is 6.18. The van der Waals surface area contributed by atoms with E-state index in [1.165, 1.54) is 17.0 Å². The summed E-state index contributed by atoms with van der Waals surface area (Å²) in [4.78, 5) is 41.5. The summed E-state index contributed by atoms with van der Waals surface area (Å²) in [6.07, 6.45) is 4.97. The van der Waals surface area contributed by atoms with Crippen molar-refractivity contribution in [3.05, 3.63) is 29.8 Å². The van der Waals surface area contributed by atoms with E-state index >= 15 is 0 Å². The normalized spacial score (nSPS) is 17.1. The van der Waals surface area contributed by atoms with Crippen LogP contribution in [0.3, 0.4) is 0 Å². The van der Waals surface area contributed by atoms with Crippen LogP contribution in [-0.2, 0) is 14.3 Å². The number of nitrogens with zero attached hydrogens (tertiary/aromatic N) is 1. The number of carbonyl (C=O) groups excluding carboxylic acids is 3. The molecule has 0 radical (unpaired) electrons. The van der Waals surface area contributed by atoms with E-state index in [4.69, 9.17) is 4.74 Å². The van der Waals surface area contributed by atoms with Crippen molar-refractivity contribution in [2.45, 2.75) is 103 Å². The van der Waals surface area contributed by atoms with Crippen LogP contribution in [0.15, 0.2) is 24.3 Å². The van der Waals surface area contributed by atoms with Gasteiger partial charge in [0.25, 0.3) is 0 Å². The number of amides is 3. The van der Waals surface area contributed by atoms with Gasteiger partial charge in [-0.25, -0.2) is 4.79 Å². The number of rotatable bonds is 9. The Kier molecular flexibility index (Phi) is 10.7. The van der Waals surface area contributed by atoms with E-state index < -0.39 is 29.7 Å². The molecule has 0 aliphatic heterocycles. The molecular formula is C26H41N3O5S. The lowest BCUT2D eigenvalue weighted by Crippen LogP contribution is -2.56. The summed E-state index contributed by atoms with van der Waals surface area (Å²) in [6, 6.07) is 4.16. The second-order valence-electron chi connectivity index (χ2n) is 10.2. The topological polar surface area (TPSA) is 108 Å². The van der Waals surface area contributed by atoms with Crippen molar-refractivity contribution in [3.63, 3.8) is 0 Å². The van der Waals surface area contributed by atoms with Crippen molar-refractivity contribution in [1.82, 2.24) is 15.5 Å². The first-order valence-corrected chi connectivity index (χ1v) is 13.1. The molecule has 3 unspecified atom stereocenters. The molecule has 1 aromatic rings. The number of carbonyl (C=O) groups is 3. The minimum absolute atomic E-state index is 0.0392. The van der Waals surface area contributed by atoms with Gasteiger partial charge in [-0.3, -0.25) is 9.59 Å². The first kappa shape index (κ1) is 28.8. The quantitative estimate of drug-likeness (QED) is 0.372. The molecule has 2 rings (SSSR count). The van der Waals surface area contributed by atoms with E-state index in [2.05, 4.69) is 23.3 Å². The minimum Gasteiger partial charge on any atom is -0.508 e. The van der Waals surface area contributed by atoms with E-state index in [-0.39, 0.29) is 29.5 Å². The summed E-state index contributed by atoms with van der Waals surface area (Å²) in [5, 5.41) is 15.6. The van der Waals surface area contributed by atoms with E-state index in [1.54, 1.807) is 32.9 Å². The number of nitrogens with one attached hydrogen (secondary N) is 2.